The number of aromatic nitrogens is 1. The zero-order chi connectivity index (χ0) is 20.0. The van der Waals surface area contributed by atoms with E-state index in [1.165, 1.54) is 37.7 Å². The summed E-state index contributed by atoms with van der Waals surface area (Å²) in [6.07, 6.45) is 3.64. The van der Waals surface area contributed by atoms with Crippen LogP contribution in [0.4, 0.5) is 5.69 Å². The van der Waals surface area contributed by atoms with E-state index in [1.54, 1.807) is 12.1 Å². The molecule has 2 rings (SSSR count). The van der Waals surface area contributed by atoms with E-state index >= 15 is 0 Å². The maximum Gasteiger partial charge on any atom is 0.262 e. The number of methoxy groups -OCH3 is 1. The number of nitrogens with zero attached hydrogens (tertiary/aromatic N) is 1. The van der Waals surface area contributed by atoms with Gasteiger partial charge in [-0.15, -0.1) is 0 Å². The lowest BCUT2D eigenvalue weighted by Crippen LogP contribution is -2.34. The van der Waals surface area contributed by atoms with Gasteiger partial charge in [-0.1, -0.05) is 26.0 Å². The molecule has 0 bridgehead atoms. The summed E-state index contributed by atoms with van der Waals surface area (Å²) < 4.78 is 33.2. The Morgan fingerprint density at radius 1 is 1.19 bits per heavy atom. The molecule has 0 saturated carbocycles. The van der Waals surface area contributed by atoms with E-state index in [0.717, 1.165) is 6.42 Å². The predicted octanol–water partition coefficient (Wildman–Crippen LogP) is 3.06. The van der Waals surface area contributed by atoms with Crippen LogP contribution in [0, 0.1) is 5.92 Å². The van der Waals surface area contributed by atoms with Gasteiger partial charge in [0.1, 0.15) is 10.6 Å². The van der Waals surface area contributed by atoms with E-state index in [4.69, 9.17) is 4.74 Å². The Balaban J connectivity index is 2.28. The second kappa shape index (κ2) is 8.85. The Kier molecular flexibility index (Phi) is 6.79. The van der Waals surface area contributed by atoms with Crippen LogP contribution >= 0.6 is 0 Å². The summed E-state index contributed by atoms with van der Waals surface area (Å²) in [5.74, 6) is 0.415. The van der Waals surface area contributed by atoms with Gasteiger partial charge in [-0.25, -0.2) is 8.42 Å². The summed E-state index contributed by atoms with van der Waals surface area (Å²) in [7, 11) is -2.51. The molecule has 1 heterocycles. The van der Waals surface area contributed by atoms with Crippen molar-refractivity contribution in [3.63, 3.8) is 0 Å². The highest BCUT2D eigenvalue weighted by molar-refractivity contribution is 7.92. The summed E-state index contributed by atoms with van der Waals surface area (Å²) in [4.78, 5) is 16.5. The van der Waals surface area contributed by atoms with Gasteiger partial charge in [0, 0.05) is 12.1 Å². The first-order valence-corrected chi connectivity index (χ1v) is 10.1. The summed E-state index contributed by atoms with van der Waals surface area (Å²) >= 11 is 0. The lowest BCUT2D eigenvalue weighted by Gasteiger charge is -2.17. The second-order valence-corrected chi connectivity index (χ2v) is 8.37. The number of rotatable bonds is 8. The summed E-state index contributed by atoms with van der Waals surface area (Å²) in [6, 6.07) is 7.55. The Bertz CT molecular complexity index is 897. The summed E-state index contributed by atoms with van der Waals surface area (Å²) in [5, 5.41) is 2.86. The third kappa shape index (κ3) is 5.68. The van der Waals surface area contributed by atoms with Crippen LogP contribution < -0.4 is 14.8 Å². The van der Waals surface area contributed by atoms with Gasteiger partial charge in [-0.05, 0) is 31.4 Å². The molecule has 1 aromatic heterocycles. The number of carbonyl (C=O) groups excluding carboxylic acids is 1. The maximum absolute atomic E-state index is 12.8. The zero-order valence-electron chi connectivity index (χ0n) is 15.9. The smallest absolute Gasteiger partial charge is 0.262 e. The average Bonchev–Trinajstić information content (AvgIpc) is 2.60. The third-order valence-corrected chi connectivity index (χ3v) is 5.26. The average molecular weight is 391 g/mol. The third-order valence-electron chi connectivity index (χ3n) is 3.82. The van der Waals surface area contributed by atoms with Crippen LogP contribution in [0.15, 0.2) is 47.6 Å². The first-order chi connectivity index (χ1) is 12.7. The van der Waals surface area contributed by atoms with Crippen LogP contribution in [-0.2, 0) is 10.0 Å². The molecule has 8 heteroatoms. The number of hydrogen-bond donors (Lipinski definition) is 2. The van der Waals surface area contributed by atoms with Gasteiger partial charge in [-0.2, -0.15) is 0 Å². The topological polar surface area (TPSA) is 97.4 Å². The molecule has 2 N–H and O–H groups in total. The highest BCUT2D eigenvalue weighted by atomic mass is 32.2. The fourth-order valence-electron chi connectivity index (χ4n) is 2.75. The molecule has 0 aliphatic heterocycles. The van der Waals surface area contributed by atoms with E-state index in [1.807, 2.05) is 6.92 Å². The van der Waals surface area contributed by atoms with E-state index in [9.17, 15) is 13.2 Å². The normalized spacial score (nSPS) is 12.5. The number of nitrogens with one attached hydrogen (secondary N) is 2. The van der Waals surface area contributed by atoms with Crippen molar-refractivity contribution in [1.82, 2.24) is 10.3 Å². The zero-order valence-corrected chi connectivity index (χ0v) is 16.7. The molecule has 27 heavy (non-hydrogen) atoms. The van der Waals surface area contributed by atoms with Crippen molar-refractivity contribution in [3.05, 3.63) is 48.3 Å². The van der Waals surface area contributed by atoms with E-state index in [2.05, 4.69) is 28.9 Å². The molecule has 0 saturated heterocycles. The Hall–Kier alpha value is -2.61. The highest BCUT2D eigenvalue weighted by Crippen LogP contribution is 2.22. The molecule has 1 amide bonds. The number of amides is 1. The number of carbonyl (C=O) groups is 1. The van der Waals surface area contributed by atoms with Crippen LogP contribution in [0.3, 0.4) is 0 Å². The fourth-order valence-corrected chi connectivity index (χ4v) is 3.99. The molecule has 0 radical (unpaired) electrons. The number of anilines is 1. The minimum atomic E-state index is -3.98. The highest BCUT2D eigenvalue weighted by Gasteiger charge is 2.23. The van der Waals surface area contributed by atoms with Gasteiger partial charge in [-0.3, -0.25) is 14.5 Å². The molecule has 1 aromatic carbocycles. The monoisotopic (exact) mass is 391 g/mol. The van der Waals surface area contributed by atoms with Gasteiger partial charge >= 0.3 is 0 Å². The van der Waals surface area contributed by atoms with Crippen molar-refractivity contribution in [2.45, 2.75) is 38.1 Å². The molecule has 146 valence electrons. The van der Waals surface area contributed by atoms with Crippen LogP contribution in [0.1, 0.15) is 37.6 Å². The largest absolute Gasteiger partial charge is 0.495 e. The SMILES string of the molecule is COc1cncc(NS(=O)(=O)c2ccccc2C(=O)NC(C)CC(C)C)c1. The maximum atomic E-state index is 12.8. The van der Waals surface area contributed by atoms with E-state index < -0.39 is 15.9 Å². The number of hydrogen-bond acceptors (Lipinski definition) is 5. The molecule has 2 aromatic rings. The number of sulfonamides is 1. The van der Waals surface area contributed by atoms with Crippen molar-refractivity contribution in [2.24, 2.45) is 5.92 Å². The van der Waals surface area contributed by atoms with Gasteiger partial charge in [0.2, 0.25) is 0 Å². The quantitative estimate of drug-likeness (QED) is 0.721. The first-order valence-electron chi connectivity index (χ1n) is 8.64. The van der Waals surface area contributed by atoms with Crippen LogP contribution in [0.5, 0.6) is 5.75 Å². The lowest BCUT2D eigenvalue weighted by molar-refractivity contribution is 0.0932. The minimum Gasteiger partial charge on any atom is -0.495 e. The van der Waals surface area contributed by atoms with Crippen molar-refractivity contribution < 1.29 is 17.9 Å². The van der Waals surface area contributed by atoms with Crippen molar-refractivity contribution in [1.29, 1.82) is 0 Å². The molecule has 0 fully saturated rings. The van der Waals surface area contributed by atoms with Crippen molar-refractivity contribution in [2.75, 3.05) is 11.8 Å². The lowest BCUT2D eigenvalue weighted by atomic mass is 10.0. The van der Waals surface area contributed by atoms with Crippen LogP contribution in [0.25, 0.3) is 0 Å². The Morgan fingerprint density at radius 2 is 1.89 bits per heavy atom. The molecular formula is C19H25N3O4S. The summed E-state index contributed by atoms with van der Waals surface area (Å²) in [6.45, 7) is 6.02. The van der Waals surface area contributed by atoms with Gasteiger partial charge in [0.25, 0.3) is 15.9 Å². The van der Waals surface area contributed by atoms with Crippen molar-refractivity contribution >= 4 is 21.6 Å². The standard InChI is InChI=1S/C19H25N3O4S/c1-13(2)9-14(3)21-19(23)17-7-5-6-8-18(17)27(24,25)22-15-10-16(26-4)12-20-11-15/h5-8,10-14,22H,9H2,1-4H3,(H,21,23). The molecule has 0 aliphatic carbocycles. The Morgan fingerprint density at radius 3 is 2.56 bits per heavy atom. The van der Waals surface area contributed by atoms with Crippen LogP contribution in [-0.4, -0.2) is 32.5 Å². The number of ether oxygens (including phenoxy) is 1. The molecule has 7 nitrogen and oxygen atoms in total. The number of benzene rings is 1. The first kappa shape index (κ1) is 20.7. The summed E-state index contributed by atoms with van der Waals surface area (Å²) in [5.41, 5.74) is 0.342. The molecular weight excluding hydrogens is 366 g/mol. The molecule has 1 unspecified atom stereocenters. The molecule has 1 atom stereocenters. The van der Waals surface area contributed by atoms with Crippen LogP contribution in [0.2, 0.25) is 0 Å². The predicted molar refractivity (Wildman–Crippen MR) is 104 cm³/mol. The molecule has 0 spiro atoms. The second-order valence-electron chi connectivity index (χ2n) is 6.72. The number of pyridine rings is 1. The van der Waals surface area contributed by atoms with Gasteiger partial charge < -0.3 is 10.1 Å². The van der Waals surface area contributed by atoms with Gasteiger partial charge in [0.15, 0.2) is 0 Å². The fraction of sp³-hybridized carbons (Fsp3) is 0.368. The van der Waals surface area contributed by atoms with E-state index in [0.29, 0.717) is 11.7 Å². The van der Waals surface area contributed by atoms with Crippen molar-refractivity contribution in [3.8, 4) is 5.75 Å². The minimum absolute atomic E-state index is 0.0659. The van der Waals surface area contributed by atoms with E-state index in [-0.39, 0.29) is 22.2 Å². The Labute approximate surface area is 160 Å². The van der Waals surface area contributed by atoms with Gasteiger partial charge in [0.05, 0.1) is 30.8 Å². The molecule has 0 aliphatic rings.